The maximum Gasteiger partial charge on any atom is 0.416 e. The van der Waals surface area contributed by atoms with Crippen molar-refractivity contribution in [2.24, 2.45) is 0 Å². The monoisotopic (exact) mass is 358 g/mol. The fraction of sp³-hybridized carbons (Fsp3) is 0.375. The highest BCUT2D eigenvalue weighted by molar-refractivity contribution is 7.98. The largest absolute Gasteiger partial charge is 0.416 e. The minimum absolute atomic E-state index is 0.0426. The standard InChI is InChI=1S/C16H17F3N2O2S/c1-10-13(15(22)20-7-4-8-24-2)14(23-21-10)11-5-3-6-12(9-11)16(17,18)19/h3,5-6,9H,4,7-8H2,1-2H3,(H,20,22). The highest BCUT2D eigenvalue weighted by atomic mass is 32.2. The molecular weight excluding hydrogens is 341 g/mol. The summed E-state index contributed by atoms with van der Waals surface area (Å²) in [6, 6.07) is 4.65. The third-order valence-electron chi connectivity index (χ3n) is 3.35. The first-order chi connectivity index (χ1) is 11.3. The number of rotatable bonds is 6. The minimum Gasteiger partial charge on any atom is -0.355 e. The number of aromatic nitrogens is 1. The average Bonchev–Trinajstić information content (AvgIpc) is 2.92. The van der Waals surface area contributed by atoms with Crippen LogP contribution in [-0.2, 0) is 6.18 Å². The Hall–Kier alpha value is -1.96. The molecule has 4 nitrogen and oxygen atoms in total. The molecule has 0 aliphatic rings. The maximum atomic E-state index is 12.9. The van der Waals surface area contributed by atoms with Gasteiger partial charge in [-0.1, -0.05) is 17.3 Å². The van der Waals surface area contributed by atoms with Gasteiger partial charge in [0.2, 0.25) is 0 Å². The highest BCUT2D eigenvalue weighted by Gasteiger charge is 2.31. The highest BCUT2D eigenvalue weighted by Crippen LogP contribution is 2.33. The molecule has 0 atom stereocenters. The van der Waals surface area contributed by atoms with Gasteiger partial charge in [-0.3, -0.25) is 4.79 Å². The molecule has 0 saturated heterocycles. The van der Waals surface area contributed by atoms with E-state index in [2.05, 4.69) is 10.5 Å². The van der Waals surface area contributed by atoms with Gasteiger partial charge in [0.25, 0.3) is 5.91 Å². The summed E-state index contributed by atoms with van der Waals surface area (Å²) in [5.41, 5.74) is -0.136. The Labute approximate surface area is 141 Å². The molecule has 130 valence electrons. The number of thioether (sulfide) groups is 1. The van der Waals surface area contributed by atoms with Crippen LogP contribution in [0, 0.1) is 6.92 Å². The lowest BCUT2D eigenvalue weighted by atomic mass is 10.0. The molecule has 1 N–H and O–H groups in total. The van der Waals surface area contributed by atoms with E-state index in [9.17, 15) is 18.0 Å². The van der Waals surface area contributed by atoms with Crippen molar-refractivity contribution >= 4 is 17.7 Å². The summed E-state index contributed by atoms with van der Waals surface area (Å²) in [5, 5.41) is 6.47. The van der Waals surface area contributed by atoms with E-state index in [0.717, 1.165) is 24.3 Å². The van der Waals surface area contributed by atoms with E-state index >= 15 is 0 Å². The van der Waals surface area contributed by atoms with Crippen molar-refractivity contribution in [2.45, 2.75) is 19.5 Å². The first kappa shape index (κ1) is 18.4. The zero-order chi connectivity index (χ0) is 17.7. The summed E-state index contributed by atoms with van der Waals surface area (Å²) >= 11 is 1.67. The van der Waals surface area contributed by atoms with Gasteiger partial charge in [-0.25, -0.2) is 0 Å². The molecule has 24 heavy (non-hydrogen) atoms. The van der Waals surface area contributed by atoms with E-state index in [4.69, 9.17) is 4.52 Å². The number of hydrogen-bond acceptors (Lipinski definition) is 4. The molecule has 1 amide bonds. The van der Waals surface area contributed by atoms with Crippen LogP contribution < -0.4 is 5.32 Å². The molecule has 0 bridgehead atoms. The average molecular weight is 358 g/mol. The van der Waals surface area contributed by atoms with Gasteiger partial charge in [0.1, 0.15) is 5.56 Å². The molecule has 0 aliphatic heterocycles. The minimum atomic E-state index is -4.47. The second-order valence-electron chi connectivity index (χ2n) is 5.15. The second kappa shape index (κ2) is 7.74. The molecule has 0 spiro atoms. The first-order valence-electron chi connectivity index (χ1n) is 7.25. The topological polar surface area (TPSA) is 55.1 Å². The predicted octanol–water partition coefficient (Wildman–Crippen LogP) is 4.15. The van der Waals surface area contributed by atoms with E-state index in [1.165, 1.54) is 12.1 Å². The quantitative estimate of drug-likeness (QED) is 0.788. The summed E-state index contributed by atoms with van der Waals surface area (Å²) in [4.78, 5) is 12.3. The molecular formula is C16H17F3N2O2S. The van der Waals surface area contributed by atoms with E-state index in [1.807, 2.05) is 6.26 Å². The number of nitrogens with one attached hydrogen (secondary N) is 1. The number of alkyl halides is 3. The number of halogens is 3. The number of carbonyl (C=O) groups excluding carboxylic acids is 1. The fourth-order valence-electron chi connectivity index (χ4n) is 2.18. The van der Waals surface area contributed by atoms with Crippen molar-refractivity contribution < 1.29 is 22.5 Å². The summed E-state index contributed by atoms with van der Waals surface area (Å²) in [7, 11) is 0. The van der Waals surface area contributed by atoms with Crippen LogP contribution in [0.15, 0.2) is 28.8 Å². The lowest BCUT2D eigenvalue weighted by Gasteiger charge is -2.08. The number of benzene rings is 1. The van der Waals surface area contributed by atoms with Crippen molar-refractivity contribution in [1.82, 2.24) is 10.5 Å². The Balaban J connectivity index is 2.28. The van der Waals surface area contributed by atoms with E-state index in [1.54, 1.807) is 18.7 Å². The van der Waals surface area contributed by atoms with Crippen molar-refractivity contribution in [3.05, 3.63) is 41.1 Å². The fourth-order valence-corrected chi connectivity index (χ4v) is 2.61. The van der Waals surface area contributed by atoms with Crippen LogP contribution in [0.1, 0.15) is 28.0 Å². The molecule has 0 saturated carbocycles. The van der Waals surface area contributed by atoms with E-state index < -0.39 is 17.6 Å². The number of hydrogen-bond donors (Lipinski definition) is 1. The molecule has 0 fully saturated rings. The van der Waals surface area contributed by atoms with Gasteiger partial charge < -0.3 is 9.84 Å². The van der Waals surface area contributed by atoms with Gasteiger partial charge in [0.05, 0.1) is 11.3 Å². The third kappa shape index (κ3) is 4.31. The molecule has 0 aliphatic carbocycles. The van der Waals surface area contributed by atoms with Crippen molar-refractivity contribution in [1.29, 1.82) is 0 Å². The van der Waals surface area contributed by atoms with E-state index in [-0.39, 0.29) is 16.9 Å². The van der Waals surface area contributed by atoms with Crippen molar-refractivity contribution in [2.75, 3.05) is 18.6 Å². The number of aryl methyl sites for hydroxylation is 1. The normalized spacial score (nSPS) is 11.5. The lowest BCUT2D eigenvalue weighted by Crippen LogP contribution is -2.25. The summed E-state index contributed by atoms with van der Waals surface area (Å²) in [6.07, 6.45) is -1.70. The van der Waals surface area contributed by atoms with Gasteiger partial charge >= 0.3 is 6.18 Å². The van der Waals surface area contributed by atoms with Crippen LogP contribution in [-0.4, -0.2) is 29.6 Å². The van der Waals surface area contributed by atoms with Crippen LogP contribution in [0.4, 0.5) is 13.2 Å². The molecule has 1 aromatic heterocycles. The maximum absolute atomic E-state index is 12.9. The van der Waals surface area contributed by atoms with Crippen LogP contribution in [0.2, 0.25) is 0 Å². The van der Waals surface area contributed by atoms with Crippen molar-refractivity contribution in [3.63, 3.8) is 0 Å². The zero-order valence-electron chi connectivity index (χ0n) is 13.2. The Bertz CT molecular complexity index is 714. The van der Waals surface area contributed by atoms with Crippen LogP contribution in [0.3, 0.4) is 0 Å². The molecule has 1 aromatic carbocycles. The van der Waals surface area contributed by atoms with Gasteiger partial charge in [-0.05, 0) is 37.5 Å². The van der Waals surface area contributed by atoms with Crippen molar-refractivity contribution in [3.8, 4) is 11.3 Å². The smallest absolute Gasteiger partial charge is 0.355 e. The molecule has 0 unspecified atom stereocenters. The Kier molecular flexibility index (Phi) is 5.93. The van der Waals surface area contributed by atoms with Gasteiger partial charge in [-0.15, -0.1) is 0 Å². The van der Waals surface area contributed by atoms with Crippen LogP contribution in [0.5, 0.6) is 0 Å². The van der Waals surface area contributed by atoms with Gasteiger partial charge in [0, 0.05) is 12.1 Å². The molecule has 1 heterocycles. The second-order valence-corrected chi connectivity index (χ2v) is 6.14. The Morgan fingerprint density at radius 3 is 2.79 bits per heavy atom. The number of carbonyl (C=O) groups is 1. The predicted molar refractivity (Wildman–Crippen MR) is 87.0 cm³/mol. The molecule has 2 aromatic rings. The van der Waals surface area contributed by atoms with E-state index in [0.29, 0.717) is 12.2 Å². The lowest BCUT2D eigenvalue weighted by molar-refractivity contribution is -0.137. The molecule has 2 rings (SSSR count). The Morgan fingerprint density at radius 1 is 1.38 bits per heavy atom. The SMILES string of the molecule is CSCCCNC(=O)c1c(C)noc1-c1cccc(C(F)(F)F)c1. The Morgan fingerprint density at radius 2 is 2.12 bits per heavy atom. The van der Waals surface area contributed by atoms with Crippen LogP contribution >= 0.6 is 11.8 Å². The summed E-state index contributed by atoms with van der Waals surface area (Å²) in [5.74, 6) is 0.548. The zero-order valence-corrected chi connectivity index (χ0v) is 14.1. The van der Waals surface area contributed by atoms with Gasteiger partial charge in [-0.2, -0.15) is 24.9 Å². The third-order valence-corrected chi connectivity index (χ3v) is 4.05. The summed E-state index contributed by atoms with van der Waals surface area (Å²) in [6.45, 7) is 2.06. The molecule has 0 radical (unpaired) electrons. The van der Waals surface area contributed by atoms with Gasteiger partial charge in [0.15, 0.2) is 5.76 Å². The molecule has 8 heteroatoms. The van der Waals surface area contributed by atoms with Crippen LogP contribution in [0.25, 0.3) is 11.3 Å². The first-order valence-corrected chi connectivity index (χ1v) is 8.65. The number of amides is 1. The number of nitrogens with zero attached hydrogens (tertiary/aromatic N) is 1. The summed E-state index contributed by atoms with van der Waals surface area (Å²) < 4.78 is 43.7.